The lowest BCUT2D eigenvalue weighted by atomic mass is 10.1. The maximum atomic E-state index is 12.5. The maximum absolute atomic E-state index is 12.5. The number of hydrogen-bond donors (Lipinski definition) is 2. The molecular weight excluding hydrogens is 423 g/mol. The van der Waals surface area contributed by atoms with Gasteiger partial charge in [0.1, 0.15) is 5.75 Å². The predicted molar refractivity (Wildman–Crippen MR) is 121 cm³/mol. The highest BCUT2D eigenvalue weighted by Crippen LogP contribution is 2.22. The van der Waals surface area contributed by atoms with Crippen molar-refractivity contribution < 1.29 is 14.3 Å². The van der Waals surface area contributed by atoms with Gasteiger partial charge < -0.3 is 15.4 Å². The molecule has 0 saturated heterocycles. The van der Waals surface area contributed by atoms with Crippen molar-refractivity contribution in [1.82, 2.24) is 0 Å². The van der Waals surface area contributed by atoms with E-state index in [1.54, 1.807) is 42.5 Å². The molecule has 0 radical (unpaired) electrons. The number of anilines is 2. The molecular formula is C23H20Cl2N2O3. The molecule has 0 atom stereocenters. The number of para-hydroxylation sites is 1. The average molecular weight is 443 g/mol. The Balaban J connectivity index is 1.55. The van der Waals surface area contributed by atoms with E-state index in [4.69, 9.17) is 27.9 Å². The SMILES string of the molecule is CCc1ccccc1NC(=O)c1ccc(OCC(=O)Nc2cc(Cl)cc(Cl)c2)cc1. The van der Waals surface area contributed by atoms with Gasteiger partial charge in [0.15, 0.2) is 6.61 Å². The van der Waals surface area contributed by atoms with Crippen LogP contribution in [0.2, 0.25) is 10.0 Å². The molecule has 0 bridgehead atoms. The summed E-state index contributed by atoms with van der Waals surface area (Å²) < 4.78 is 5.48. The molecule has 2 amide bonds. The molecule has 0 aliphatic heterocycles. The summed E-state index contributed by atoms with van der Waals surface area (Å²) in [5.74, 6) is -0.0934. The van der Waals surface area contributed by atoms with Crippen molar-refractivity contribution >= 4 is 46.4 Å². The van der Waals surface area contributed by atoms with E-state index in [1.807, 2.05) is 31.2 Å². The third-order valence-electron chi connectivity index (χ3n) is 4.28. The Labute approximate surface area is 185 Å². The fourth-order valence-electron chi connectivity index (χ4n) is 2.82. The van der Waals surface area contributed by atoms with E-state index in [0.29, 0.717) is 27.0 Å². The Morgan fingerprint density at radius 2 is 1.57 bits per heavy atom. The fraction of sp³-hybridized carbons (Fsp3) is 0.130. The number of carbonyl (C=O) groups excluding carboxylic acids is 2. The number of ether oxygens (including phenoxy) is 1. The summed E-state index contributed by atoms with van der Waals surface area (Å²) in [6, 6.07) is 19.0. The zero-order chi connectivity index (χ0) is 21.5. The summed E-state index contributed by atoms with van der Waals surface area (Å²) in [6.07, 6.45) is 0.826. The Hall–Kier alpha value is -3.02. The molecule has 3 aromatic carbocycles. The molecule has 0 aromatic heterocycles. The zero-order valence-corrected chi connectivity index (χ0v) is 17.8. The Morgan fingerprint density at radius 3 is 2.23 bits per heavy atom. The van der Waals surface area contributed by atoms with Gasteiger partial charge in [0.2, 0.25) is 0 Å². The van der Waals surface area contributed by atoms with E-state index in [2.05, 4.69) is 10.6 Å². The van der Waals surface area contributed by atoms with Crippen LogP contribution in [-0.4, -0.2) is 18.4 Å². The van der Waals surface area contributed by atoms with Crippen LogP contribution in [0, 0.1) is 0 Å². The number of carbonyl (C=O) groups is 2. The van der Waals surface area contributed by atoms with Crippen LogP contribution >= 0.6 is 23.2 Å². The number of nitrogens with one attached hydrogen (secondary N) is 2. The lowest BCUT2D eigenvalue weighted by Crippen LogP contribution is -2.20. The van der Waals surface area contributed by atoms with Crippen LogP contribution in [0.3, 0.4) is 0 Å². The molecule has 2 N–H and O–H groups in total. The van der Waals surface area contributed by atoms with Crippen molar-refractivity contribution in [3.8, 4) is 5.75 Å². The van der Waals surface area contributed by atoms with Crippen LogP contribution < -0.4 is 15.4 Å². The van der Waals surface area contributed by atoms with Gasteiger partial charge in [-0.1, -0.05) is 48.3 Å². The second-order valence-corrected chi connectivity index (χ2v) is 7.36. The van der Waals surface area contributed by atoms with Gasteiger partial charge >= 0.3 is 0 Å². The first-order valence-corrected chi connectivity index (χ1v) is 10.1. The minimum atomic E-state index is -0.355. The smallest absolute Gasteiger partial charge is 0.262 e. The highest BCUT2D eigenvalue weighted by Gasteiger charge is 2.10. The predicted octanol–water partition coefficient (Wildman–Crippen LogP) is 5.83. The molecule has 30 heavy (non-hydrogen) atoms. The lowest BCUT2D eigenvalue weighted by Gasteiger charge is -2.11. The van der Waals surface area contributed by atoms with Gasteiger partial charge in [-0.15, -0.1) is 0 Å². The number of halogens is 2. The molecule has 3 rings (SSSR count). The van der Waals surface area contributed by atoms with Crippen LogP contribution in [-0.2, 0) is 11.2 Å². The third kappa shape index (κ3) is 5.99. The molecule has 0 spiro atoms. The molecule has 3 aromatic rings. The van der Waals surface area contributed by atoms with Gasteiger partial charge in [0, 0.05) is 27.0 Å². The molecule has 0 aliphatic carbocycles. The Kier molecular flexibility index (Phi) is 7.33. The molecule has 0 heterocycles. The van der Waals surface area contributed by atoms with Crippen LogP contribution in [0.1, 0.15) is 22.8 Å². The first kappa shape index (κ1) is 21.7. The molecule has 5 nitrogen and oxygen atoms in total. The fourth-order valence-corrected chi connectivity index (χ4v) is 3.35. The van der Waals surface area contributed by atoms with Crippen molar-refractivity contribution in [2.45, 2.75) is 13.3 Å². The van der Waals surface area contributed by atoms with Gasteiger partial charge in [-0.05, 0) is 60.5 Å². The minimum absolute atomic E-state index is 0.195. The van der Waals surface area contributed by atoms with Crippen molar-refractivity contribution in [2.24, 2.45) is 0 Å². The molecule has 0 aliphatic rings. The summed E-state index contributed by atoms with van der Waals surface area (Å²) in [5.41, 5.74) is 2.84. The van der Waals surface area contributed by atoms with E-state index < -0.39 is 0 Å². The molecule has 0 unspecified atom stereocenters. The second kappa shape index (κ2) is 10.1. The van der Waals surface area contributed by atoms with Crippen LogP contribution in [0.5, 0.6) is 5.75 Å². The van der Waals surface area contributed by atoms with Crippen LogP contribution in [0.25, 0.3) is 0 Å². The summed E-state index contributed by atoms with van der Waals surface area (Å²) in [5, 5.41) is 6.43. The molecule has 0 fully saturated rings. The molecule has 7 heteroatoms. The highest BCUT2D eigenvalue weighted by molar-refractivity contribution is 6.35. The summed E-state index contributed by atoms with van der Waals surface area (Å²) >= 11 is 11.8. The largest absolute Gasteiger partial charge is 0.484 e. The van der Waals surface area contributed by atoms with E-state index in [0.717, 1.165) is 17.7 Å². The Bertz CT molecular complexity index is 1030. The number of hydrogen-bond acceptors (Lipinski definition) is 3. The van der Waals surface area contributed by atoms with Crippen molar-refractivity contribution in [1.29, 1.82) is 0 Å². The standard InChI is InChI=1S/C23H20Cl2N2O3/c1-2-15-5-3-4-6-21(15)27-23(29)16-7-9-20(10-8-16)30-14-22(28)26-19-12-17(24)11-18(25)13-19/h3-13H,2,14H2,1H3,(H,26,28)(H,27,29). The second-order valence-electron chi connectivity index (χ2n) is 6.48. The quantitative estimate of drug-likeness (QED) is 0.483. The number of rotatable bonds is 7. The van der Waals surface area contributed by atoms with Gasteiger partial charge in [-0.3, -0.25) is 9.59 Å². The maximum Gasteiger partial charge on any atom is 0.262 e. The third-order valence-corrected chi connectivity index (χ3v) is 4.72. The van der Waals surface area contributed by atoms with Gasteiger partial charge in [-0.2, -0.15) is 0 Å². The summed E-state index contributed by atoms with van der Waals surface area (Å²) in [7, 11) is 0. The first-order valence-electron chi connectivity index (χ1n) is 9.32. The monoisotopic (exact) mass is 442 g/mol. The summed E-state index contributed by atoms with van der Waals surface area (Å²) in [6.45, 7) is 1.84. The van der Waals surface area contributed by atoms with Crippen molar-refractivity contribution in [3.05, 3.63) is 87.9 Å². The van der Waals surface area contributed by atoms with Crippen LogP contribution in [0.15, 0.2) is 66.7 Å². The minimum Gasteiger partial charge on any atom is -0.484 e. The van der Waals surface area contributed by atoms with E-state index in [1.165, 1.54) is 0 Å². The van der Waals surface area contributed by atoms with E-state index in [-0.39, 0.29) is 18.4 Å². The van der Waals surface area contributed by atoms with Gasteiger partial charge in [-0.25, -0.2) is 0 Å². The van der Waals surface area contributed by atoms with Crippen molar-refractivity contribution in [2.75, 3.05) is 17.2 Å². The van der Waals surface area contributed by atoms with Gasteiger partial charge in [0.05, 0.1) is 0 Å². The highest BCUT2D eigenvalue weighted by atomic mass is 35.5. The number of benzene rings is 3. The normalized spacial score (nSPS) is 10.4. The van der Waals surface area contributed by atoms with Gasteiger partial charge in [0.25, 0.3) is 11.8 Å². The average Bonchev–Trinajstić information content (AvgIpc) is 2.72. The van der Waals surface area contributed by atoms with E-state index >= 15 is 0 Å². The Morgan fingerprint density at radius 1 is 0.900 bits per heavy atom. The van der Waals surface area contributed by atoms with Crippen molar-refractivity contribution in [3.63, 3.8) is 0 Å². The number of aryl methyl sites for hydroxylation is 1. The first-order chi connectivity index (χ1) is 14.4. The summed E-state index contributed by atoms with van der Waals surface area (Å²) in [4.78, 5) is 24.5. The lowest BCUT2D eigenvalue weighted by molar-refractivity contribution is -0.118. The molecule has 0 saturated carbocycles. The number of amides is 2. The molecule has 154 valence electrons. The van der Waals surface area contributed by atoms with E-state index in [9.17, 15) is 9.59 Å². The van der Waals surface area contributed by atoms with Crippen LogP contribution in [0.4, 0.5) is 11.4 Å². The zero-order valence-electron chi connectivity index (χ0n) is 16.2. The topological polar surface area (TPSA) is 67.4 Å².